The van der Waals surface area contributed by atoms with Crippen LogP contribution in [0, 0.1) is 11.2 Å². The summed E-state index contributed by atoms with van der Waals surface area (Å²) in [5.41, 5.74) is 2.70. The lowest BCUT2D eigenvalue weighted by Crippen LogP contribution is -2.30. The number of fused-ring (bicyclic) bond motifs is 1. The van der Waals surface area contributed by atoms with E-state index in [-0.39, 0.29) is 53.5 Å². The van der Waals surface area contributed by atoms with E-state index < -0.39 is 59.2 Å². The summed E-state index contributed by atoms with van der Waals surface area (Å²) < 4.78 is 62.5. The van der Waals surface area contributed by atoms with Crippen molar-refractivity contribution in [3.8, 4) is 0 Å². The summed E-state index contributed by atoms with van der Waals surface area (Å²) in [6, 6.07) is -0.871. The van der Waals surface area contributed by atoms with Crippen LogP contribution in [0.25, 0.3) is 10.9 Å². The van der Waals surface area contributed by atoms with Gasteiger partial charge in [-0.05, 0) is 18.8 Å². The number of aromatic nitrogens is 1. The van der Waals surface area contributed by atoms with Crippen LogP contribution in [-0.2, 0) is 0 Å². The number of hydrogen-bond acceptors (Lipinski definition) is 4. The lowest BCUT2D eigenvalue weighted by Gasteiger charge is -2.23. The molecule has 0 radical (unpaired) electrons. The number of carbonyl (C=O) groups is 1. The molecule has 1 spiro atoms. The standard InChI is InChI=1S/C19H18ClF2N3O3.ClH/c20-14-15-8(17(26)9(18(27)28)5-25(15)12-4-10(12)21)3-11(22)16(14)24-6-13(23)19(7-24)1-2-19;/h3,5,10,12-13H,1-2,4,6-7,23H2,(H,27,28);1H/t10-,12+,13-;/m0./s1/i1D2,2D2;. The SMILES string of the molecule is Cl.[2H]C1([2H])C([2H])([2H])C12CN(c1c(F)cc3c(=O)c(C(=O)O)cn([C@@H]4C[C@@H]4F)c3c1Cl)C[C@@H]2N. The monoisotopic (exact) mass is 449 g/mol. The third-order valence-corrected chi connectivity index (χ3v) is 6.06. The number of rotatable bonds is 3. The highest BCUT2D eigenvalue weighted by atomic mass is 35.5. The van der Waals surface area contributed by atoms with E-state index in [0.717, 1.165) is 12.3 Å². The second kappa shape index (κ2) is 6.55. The zero-order valence-electron chi connectivity index (χ0n) is 18.8. The van der Waals surface area contributed by atoms with Crippen molar-refractivity contribution < 1.29 is 24.2 Å². The van der Waals surface area contributed by atoms with Crippen LogP contribution in [-0.4, -0.2) is 40.9 Å². The Morgan fingerprint density at radius 3 is 2.62 bits per heavy atom. The number of hydrogen-bond donors (Lipinski definition) is 2. The molecule has 1 aromatic heterocycles. The average molecular weight is 450 g/mol. The van der Waals surface area contributed by atoms with Gasteiger partial charge in [0.15, 0.2) is 0 Å². The predicted molar refractivity (Wildman–Crippen MR) is 108 cm³/mol. The molecule has 5 rings (SSSR count). The van der Waals surface area contributed by atoms with E-state index in [9.17, 15) is 19.1 Å². The third-order valence-electron chi connectivity index (χ3n) is 5.71. The Morgan fingerprint density at radius 1 is 1.45 bits per heavy atom. The van der Waals surface area contributed by atoms with E-state index in [4.69, 9.17) is 22.8 Å². The number of benzene rings is 1. The van der Waals surface area contributed by atoms with Crippen molar-refractivity contribution in [2.24, 2.45) is 11.1 Å². The van der Waals surface area contributed by atoms with Crippen LogP contribution < -0.4 is 16.1 Å². The van der Waals surface area contributed by atoms with Crippen LogP contribution in [0.2, 0.25) is 5.02 Å². The summed E-state index contributed by atoms with van der Waals surface area (Å²) in [5, 5.41) is 8.77. The summed E-state index contributed by atoms with van der Waals surface area (Å²) >= 11 is 6.52. The largest absolute Gasteiger partial charge is 0.477 e. The first-order chi connectivity index (χ1) is 14.8. The Hall–Kier alpha value is -1.90. The van der Waals surface area contributed by atoms with Gasteiger partial charge in [0.1, 0.15) is 17.6 Å². The molecule has 3 fully saturated rings. The Bertz CT molecular complexity index is 1260. The molecule has 1 aliphatic heterocycles. The molecule has 156 valence electrons. The Balaban J connectivity index is 0.00000259. The smallest absolute Gasteiger partial charge is 0.341 e. The number of pyridine rings is 1. The summed E-state index contributed by atoms with van der Waals surface area (Å²) in [7, 11) is 0. The van der Waals surface area contributed by atoms with Crippen LogP contribution in [0.15, 0.2) is 17.1 Å². The fraction of sp³-hybridized carbons (Fsp3) is 0.474. The van der Waals surface area contributed by atoms with Gasteiger partial charge in [0.25, 0.3) is 0 Å². The van der Waals surface area contributed by atoms with Crippen molar-refractivity contribution in [1.82, 2.24) is 4.57 Å². The van der Waals surface area contributed by atoms with Crippen LogP contribution in [0.4, 0.5) is 14.5 Å². The summed E-state index contributed by atoms with van der Waals surface area (Å²) in [6.45, 7) is -0.337. The maximum Gasteiger partial charge on any atom is 0.341 e. The molecule has 2 heterocycles. The first-order valence-electron chi connectivity index (χ1n) is 10.7. The van der Waals surface area contributed by atoms with E-state index in [2.05, 4.69) is 0 Å². The lowest BCUT2D eigenvalue weighted by molar-refractivity contribution is 0.0694. The van der Waals surface area contributed by atoms with E-state index >= 15 is 4.39 Å². The number of aromatic carboxylic acids is 1. The highest BCUT2D eigenvalue weighted by Gasteiger charge is 2.54. The van der Waals surface area contributed by atoms with Crippen molar-refractivity contribution in [2.75, 3.05) is 18.0 Å². The molecule has 0 bridgehead atoms. The molecule has 1 saturated heterocycles. The number of carboxylic acids is 1. The van der Waals surface area contributed by atoms with Crippen molar-refractivity contribution in [3.05, 3.63) is 38.9 Å². The number of alkyl halides is 1. The molecule has 0 amide bonds. The topological polar surface area (TPSA) is 88.6 Å². The Labute approximate surface area is 181 Å². The summed E-state index contributed by atoms with van der Waals surface area (Å²) in [6.07, 6.45) is -4.64. The lowest BCUT2D eigenvalue weighted by atomic mass is 10.0. The summed E-state index contributed by atoms with van der Waals surface area (Å²) in [5.74, 6) is -2.50. The first kappa shape index (κ1) is 15.9. The number of nitrogens with zero attached hydrogens (tertiary/aromatic N) is 2. The second-order valence-corrected chi connectivity index (χ2v) is 7.91. The van der Waals surface area contributed by atoms with Crippen LogP contribution in [0.5, 0.6) is 0 Å². The molecule has 29 heavy (non-hydrogen) atoms. The quantitative estimate of drug-likeness (QED) is 0.751. The van der Waals surface area contributed by atoms with Crippen LogP contribution in [0.3, 0.4) is 0 Å². The Morgan fingerprint density at radius 2 is 2.10 bits per heavy atom. The minimum atomic E-state index is -2.22. The molecule has 10 heteroatoms. The zero-order chi connectivity index (χ0) is 23.5. The molecular formula is C19H19Cl2F2N3O3. The Kier molecular flexibility index (Phi) is 3.59. The zero-order valence-corrected chi connectivity index (χ0v) is 16.4. The van der Waals surface area contributed by atoms with Gasteiger partial charge in [-0.25, -0.2) is 13.6 Å². The fourth-order valence-corrected chi connectivity index (χ4v) is 4.38. The van der Waals surface area contributed by atoms with Gasteiger partial charge >= 0.3 is 5.97 Å². The highest BCUT2D eigenvalue weighted by molar-refractivity contribution is 6.38. The van der Waals surface area contributed by atoms with Crippen molar-refractivity contribution in [3.63, 3.8) is 0 Å². The van der Waals surface area contributed by atoms with Gasteiger partial charge in [-0.2, -0.15) is 0 Å². The number of anilines is 1. The molecule has 1 aromatic carbocycles. The van der Waals surface area contributed by atoms with Gasteiger partial charge in [0, 0.05) is 42.6 Å². The first-order valence-corrected chi connectivity index (χ1v) is 9.10. The van der Waals surface area contributed by atoms with Gasteiger partial charge in [0.05, 0.1) is 27.7 Å². The van der Waals surface area contributed by atoms with E-state index in [1.54, 1.807) is 0 Å². The van der Waals surface area contributed by atoms with Gasteiger partial charge in [0.2, 0.25) is 5.43 Å². The molecule has 2 aromatic rings. The van der Waals surface area contributed by atoms with Gasteiger partial charge < -0.3 is 20.3 Å². The maximum atomic E-state index is 15.2. The molecule has 3 N–H and O–H groups in total. The number of nitrogens with two attached hydrogens (primary N) is 1. The predicted octanol–water partition coefficient (Wildman–Crippen LogP) is 3.12. The third kappa shape index (κ3) is 2.92. The molecule has 2 aliphatic carbocycles. The molecule has 2 saturated carbocycles. The number of carboxylic acid groups (broad SMARTS) is 1. The van der Waals surface area contributed by atoms with Crippen molar-refractivity contribution in [2.45, 2.75) is 37.4 Å². The maximum absolute atomic E-state index is 15.2. The van der Waals surface area contributed by atoms with Gasteiger partial charge in [-0.1, -0.05) is 11.6 Å². The minimum Gasteiger partial charge on any atom is -0.477 e. The van der Waals surface area contributed by atoms with Gasteiger partial charge in [-0.15, -0.1) is 12.4 Å². The van der Waals surface area contributed by atoms with Gasteiger partial charge in [-0.3, -0.25) is 4.79 Å². The molecular weight excluding hydrogens is 427 g/mol. The highest BCUT2D eigenvalue weighted by Crippen LogP contribution is 2.54. The van der Waals surface area contributed by atoms with Crippen molar-refractivity contribution >= 4 is 46.6 Å². The fourth-order valence-electron chi connectivity index (χ4n) is 3.97. The molecule has 6 nitrogen and oxygen atoms in total. The minimum absolute atomic E-state index is 0. The van der Waals surface area contributed by atoms with E-state index in [0.29, 0.717) is 0 Å². The molecule has 3 atom stereocenters. The van der Waals surface area contributed by atoms with E-state index in [1.165, 1.54) is 9.47 Å². The van der Waals surface area contributed by atoms with E-state index in [1.807, 2.05) is 0 Å². The summed E-state index contributed by atoms with van der Waals surface area (Å²) in [4.78, 5) is 25.5. The van der Waals surface area contributed by atoms with Crippen LogP contribution in [0.1, 0.15) is 41.0 Å². The molecule has 3 aliphatic rings. The van der Waals surface area contributed by atoms with Crippen LogP contribution >= 0.6 is 24.0 Å². The average Bonchev–Trinajstić information content (AvgIpc) is 3.40. The normalized spacial score (nSPS) is 32.1. The van der Waals surface area contributed by atoms with Crippen molar-refractivity contribution in [1.29, 1.82) is 0 Å². The second-order valence-electron chi connectivity index (χ2n) is 7.53. The number of halogens is 4. The molecule has 0 unspecified atom stereocenters.